The summed E-state index contributed by atoms with van der Waals surface area (Å²) < 4.78 is 1.86. The van der Waals surface area contributed by atoms with Crippen LogP contribution in [0.25, 0.3) is 11.0 Å². The minimum Gasteiger partial charge on any atom is -0.355 e. The highest BCUT2D eigenvalue weighted by Crippen LogP contribution is 2.31. The average molecular weight is 279 g/mol. The average Bonchev–Trinajstić information content (AvgIpc) is 3.25. The Morgan fingerprint density at radius 3 is 2.67 bits per heavy atom. The van der Waals surface area contributed by atoms with Gasteiger partial charge in [-0.25, -0.2) is 4.79 Å². The Balaban J connectivity index is 1.68. The fourth-order valence-electron chi connectivity index (χ4n) is 2.67. The number of anilines is 2. The van der Waals surface area contributed by atoms with Crippen LogP contribution in [0.1, 0.15) is 12.8 Å². The zero-order valence-corrected chi connectivity index (χ0v) is 11.7. The molecule has 0 bridgehead atoms. The van der Waals surface area contributed by atoms with Crippen molar-refractivity contribution in [3.63, 3.8) is 0 Å². The number of imidazole rings is 1. The van der Waals surface area contributed by atoms with E-state index in [2.05, 4.69) is 10.3 Å². The van der Waals surface area contributed by atoms with Crippen LogP contribution in [0.15, 0.2) is 53.3 Å². The molecule has 2 N–H and O–H groups in total. The predicted molar refractivity (Wildman–Crippen MR) is 85.0 cm³/mol. The number of aromatic amines is 1. The van der Waals surface area contributed by atoms with E-state index >= 15 is 0 Å². The second kappa shape index (κ2) is 4.81. The van der Waals surface area contributed by atoms with Gasteiger partial charge in [-0.1, -0.05) is 18.2 Å². The minimum atomic E-state index is -0.00578. The Kier molecular flexibility index (Phi) is 2.81. The smallest absolute Gasteiger partial charge is 0.326 e. The molecule has 0 aliphatic heterocycles. The monoisotopic (exact) mass is 279 g/mol. The fourth-order valence-corrected chi connectivity index (χ4v) is 2.67. The van der Waals surface area contributed by atoms with Crippen molar-refractivity contribution in [3.8, 4) is 0 Å². The topological polar surface area (TPSA) is 49.8 Å². The summed E-state index contributed by atoms with van der Waals surface area (Å²) in [5, 5.41) is 3.35. The first kappa shape index (κ1) is 12.3. The highest BCUT2D eigenvalue weighted by Gasteiger charge is 2.23. The van der Waals surface area contributed by atoms with Gasteiger partial charge in [0.2, 0.25) is 0 Å². The lowest BCUT2D eigenvalue weighted by Gasteiger charge is -2.07. The maximum Gasteiger partial charge on any atom is 0.326 e. The summed E-state index contributed by atoms with van der Waals surface area (Å²) >= 11 is 0. The van der Waals surface area contributed by atoms with Crippen molar-refractivity contribution in [2.75, 3.05) is 5.32 Å². The molecule has 4 heteroatoms. The van der Waals surface area contributed by atoms with Crippen LogP contribution in [-0.4, -0.2) is 9.55 Å². The van der Waals surface area contributed by atoms with Crippen molar-refractivity contribution < 1.29 is 0 Å². The van der Waals surface area contributed by atoms with Gasteiger partial charge in [-0.05, 0) is 49.1 Å². The number of aromatic nitrogens is 2. The zero-order valence-electron chi connectivity index (χ0n) is 11.7. The maximum absolute atomic E-state index is 12.1. The number of hydrogen-bond donors (Lipinski definition) is 2. The molecule has 3 aromatic rings. The van der Waals surface area contributed by atoms with E-state index in [9.17, 15) is 4.79 Å². The third-order valence-electron chi connectivity index (χ3n) is 3.97. The SMILES string of the molecule is O=c1[nH]c2cc(Nc3ccccc3)ccc2n1CC1CC1. The molecule has 4 nitrogen and oxygen atoms in total. The number of hydrogen-bond acceptors (Lipinski definition) is 2. The molecule has 4 rings (SSSR count). The molecule has 21 heavy (non-hydrogen) atoms. The lowest BCUT2D eigenvalue weighted by Crippen LogP contribution is -2.17. The molecule has 1 aliphatic rings. The molecule has 1 aliphatic carbocycles. The normalized spacial score (nSPS) is 14.5. The molecule has 0 spiro atoms. The molecule has 106 valence electrons. The number of fused-ring (bicyclic) bond motifs is 1. The first-order valence-electron chi connectivity index (χ1n) is 7.34. The van der Waals surface area contributed by atoms with E-state index in [1.54, 1.807) is 0 Å². The predicted octanol–water partition coefficient (Wildman–Crippen LogP) is 3.48. The van der Waals surface area contributed by atoms with Gasteiger partial charge < -0.3 is 10.3 Å². The molecule has 0 saturated heterocycles. The number of H-pyrrole nitrogens is 1. The molecule has 1 fully saturated rings. The van der Waals surface area contributed by atoms with Crippen molar-refractivity contribution in [3.05, 3.63) is 59.0 Å². The Morgan fingerprint density at radius 2 is 1.90 bits per heavy atom. The van der Waals surface area contributed by atoms with E-state index in [-0.39, 0.29) is 5.69 Å². The summed E-state index contributed by atoms with van der Waals surface area (Å²) in [6.07, 6.45) is 2.49. The maximum atomic E-state index is 12.1. The van der Waals surface area contributed by atoms with E-state index < -0.39 is 0 Å². The van der Waals surface area contributed by atoms with Crippen molar-refractivity contribution in [1.82, 2.24) is 9.55 Å². The molecule has 0 amide bonds. The second-order valence-corrected chi connectivity index (χ2v) is 5.71. The molecular weight excluding hydrogens is 262 g/mol. The van der Waals surface area contributed by atoms with Gasteiger partial charge in [0.25, 0.3) is 0 Å². The van der Waals surface area contributed by atoms with E-state index in [0.717, 1.165) is 29.0 Å². The third-order valence-corrected chi connectivity index (χ3v) is 3.97. The van der Waals surface area contributed by atoms with Crippen molar-refractivity contribution in [2.45, 2.75) is 19.4 Å². The molecule has 1 heterocycles. The molecule has 1 saturated carbocycles. The van der Waals surface area contributed by atoms with Crippen molar-refractivity contribution in [2.24, 2.45) is 5.92 Å². The molecular formula is C17H17N3O. The van der Waals surface area contributed by atoms with Crippen LogP contribution >= 0.6 is 0 Å². The summed E-state index contributed by atoms with van der Waals surface area (Å²) in [5.41, 5.74) is 3.89. The lowest BCUT2D eigenvalue weighted by atomic mass is 10.2. The van der Waals surface area contributed by atoms with Crippen LogP contribution in [0.5, 0.6) is 0 Å². The molecule has 1 aromatic heterocycles. The summed E-state index contributed by atoms with van der Waals surface area (Å²) in [5.74, 6) is 0.684. The zero-order chi connectivity index (χ0) is 14.2. The van der Waals surface area contributed by atoms with Crippen LogP contribution < -0.4 is 11.0 Å². The van der Waals surface area contributed by atoms with Crippen LogP contribution in [0, 0.1) is 5.92 Å². The number of nitrogens with zero attached hydrogens (tertiary/aromatic N) is 1. The van der Waals surface area contributed by atoms with Gasteiger partial charge in [0, 0.05) is 17.9 Å². The first-order chi connectivity index (χ1) is 10.3. The van der Waals surface area contributed by atoms with Gasteiger partial charge in [0.05, 0.1) is 11.0 Å². The number of nitrogens with one attached hydrogen (secondary N) is 2. The largest absolute Gasteiger partial charge is 0.355 e. The summed E-state index contributed by atoms with van der Waals surface area (Å²) in [6.45, 7) is 0.838. The Labute approximate surface area is 122 Å². The quantitative estimate of drug-likeness (QED) is 0.768. The first-order valence-corrected chi connectivity index (χ1v) is 7.34. The van der Waals surface area contributed by atoms with E-state index in [1.807, 2.05) is 53.1 Å². The van der Waals surface area contributed by atoms with E-state index in [4.69, 9.17) is 0 Å². The number of rotatable bonds is 4. The summed E-state index contributed by atoms with van der Waals surface area (Å²) in [4.78, 5) is 15.0. The molecule has 0 unspecified atom stereocenters. The Morgan fingerprint density at radius 1 is 1.10 bits per heavy atom. The van der Waals surface area contributed by atoms with Gasteiger partial charge in [0.15, 0.2) is 0 Å². The molecule has 0 radical (unpaired) electrons. The van der Waals surface area contributed by atoms with Gasteiger partial charge in [-0.15, -0.1) is 0 Å². The molecule has 0 atom stereocenters. The second-order valence-electron chi connectivity index (χ2n) is 5.71. The highest BCUT2D eigenvalue weighted by molar-refractivity contribution is 5.80. The van der Waals surface area contributed by atoms with Crippen LogP contribution in [0.4, 0.5) is 11.4 Å². The van der Waals surface area contributed by atoms with Crippen LogP contribution in [0.3, 0.4) is 0 Å². The van der Waals surface area contributed by atoms with Gasteiger partial charge in [-0.2, -0.15) is 0 Å². The molecule has 2 aromatic carbocycles. The van der Waals surface area contributed by atoms with Gasteiger partial charge in [0.1, 0.15) is 0 Å². The third kappa shape index (κ3) is 2.44. The van der Waals surface area contributed by atoms with Gasteiger partial charge in [-0.3, -0.25) is 4.57 Å². The van der Waals surface area contributed by atoms with Crippen LogP contribution in [-0.2, 0) is 6.54 Å². The van der Waals surface area contributed by atoms with Crippen LogP contribution in [0.2, 0.25) is 0 Å². The van der Waals surface area contributed by atoms with E-state index in [0.29, 0.717) is 5.92 Å². The lowest BCUT2D eigenvalue weighted by molar-refractivity contribution is 0.624. The Hall–Kier alpha value is -2.49. The summed E-state index contributed by atoms with van der Waals surface area (Å²) in [7, 11) is 0. The van der Waals surface area contributed by atoms with Crippen molar-refractivity contribution >= 4 is 22.4 Å². The highest BCUT2D eigenvalue weighted by atomic mass is 16.1. The fraction of sp³-hybridized carbons (Fsp3) is 0.235. The van der Waals surface area contributed by atoms with E-state index in [1.165, 1.54) is 12.8 Å². The number of para-hydroxylation sites is 1. The summed E-state index contributed by atoms with van der Waals surface area (Å²) in [6, 6.07) is 16.0. The Bertz CT molecular complexity index is 828. The van der Waals surface area contributed by atoms with Crippen molar-refractivity contribution in [1.29, 1.82) is 0 Å². The standard InChI is InChI=1S/C17H17N3O/c21-17-19-15-10-14(18-13-4-2-1-3-5-13)8-9-16(15)20(17)11-12-6-7-12/h1-5,8-10,12,18H,6-7,11H2,(H,19,21). The van der Waals surface area contributed by atoms with Gasteiger partial charge >= 0.3 is 5.69 Å². The number of benzene rings is 2. The minimum absolute atomic E-state index is 0.00578.